The van der Waals surface area contributed by atoms with Gasteiger partial charge in [-0.3, -0.25) is 0 Å². The van der Waals surface area contributed by atoms with Gasteiger partial charge >= 0.3 is 0 Å². The summed E-state index contributed by atoms with van der Waals surface area (Å²) in [4.78, 5) is 0. The van der Waals surface area contributed by atoms with Gasteiger partial charge in [0.1, 0.15) is 0 Å². The average molecular weight is 202 g/mol. The summed E-state index contributed by atoms with van der Waals surface area (Å²) < 4.78 is 0. The van der Waals surface area contributed by atoms with Crippen molar-refractivity contribution in [2.24, 2.45) is 0 Å². The summed E-state index contributed by atoms with van der Waals surface area (Å²) in [5.74, 6) is 0. The summed E-state index contributed by atoms with van der Waals surface area (Å²) in [5, 5.41) is 0. The molecule has 0 saturated heterocycles. The summed E-state index contributed by atoms with van der Waals surface area (Å²) in [5.41, 5.74) is 4.59. The van der Waals surface area contributed by atoms with Crippen molar-refractivity contribution in [3.63, 3.8) is 0 Å². The molecule has 0 aliphatic carbocycles. The summed E-state index contributed by atoms with van der Waals surface area (Å²) in [6.45, 7) is 6.78. The molecule has 0 saturated carbocycles. The topological polar surface area (TPSA) is 0 Å². The number of benzene rings is 1. The number of hydrogen-bond donors (Lipinski definition) is 0. The summed E-state index contributed by atoms with van der Waals surface area (Å²) >= 11 is 0. The van der Waals surface area contributed by atoms with Gasteiger partial charge in [0, 0.05) is 0 Å². The molecule has 0 atom stereocenters. The van der Waals surface area contributed by atoms with Crippen LogP contribution in [0.15, 0.2) is 35.9 Å². The first-order valence-electron chi connectivity index (χ1n) is 6.09. The van der Waals surface area contributed by atoms with E-state index in [4.69, 9.17) is 0 Å². The Balaban J connectivity index is 3.05. The third kappa shape index (κ3) is 3.23. The molecule has 0 amide bonds. The molecule has 15 heavy (non-hydrogen) atoms. The molecule has 1 aromatic rings. The van der Waals surface area contributed by atoms with E-state index in [1.165, 1.54) is 24.8 Å². The fourth-order valence-corrected chi connectivity index (χ4v) is 2.14. The second kappa shape index (κ2) is 6.44. The number of rotatable bonds is 5. The van der Waals surface area contributed by atoms with Crippen LogP contribution in [0, 0.1) is 0 Å². The van der Waals surface area contributed by atoms with E-state index < -0.39 is 0 Å². The fourth-order valence-electron chi connectivity index (χ4n) is 2.14. The van der Waals surface area contributed by atoms with Gasteiger partial charge in [0.25, 0.3) is 0 Å². The van der Waals surface area contributed by atoms with Crippen molar-refractivity contribution < 1.29 is 0 Å². The number of hydrogen-bond acceptors (Lipinski definition) is 0. The summed E-state index contributed by atoms with van der Waals surface area (Å²) in [7, 11) is 0. The Labute approximate surface area is 94.0 Å². The minimum Gasteiger partial charge on any atom is -0.0667 e. The molecule has 1 rings (SSSR count). The maximum Gasteiger partial charge on any atom is -0.0225 e. The lowest BCUT2D eigenvalue weighted by Gasteiger charge is -2.12. The smallest absolute Gasteiger partial charge is 0.0225 e. The molecule has 0 fully saturated rings. The Bertz CT molecular complexity index is 306. The van der Waals surface area contributed by atoms with Gasteiger partial charge in [0.2, 0.25) is 0 Å². The summed E-state index contributed by atoms with van der Waals surface area (Å²) in [6, 6.07) is 10.8. The molecule has 0 N–H and O–H groups in total. The van der Waals surface area contributed by atoms with Gasteiger partial charge in [0.15, 0.2) is 0 Å². The minimum absolute atomic E-state index is 1.15. The summed E-state index contributed by atoms with van der Waals surface area (Å²) in [6.07, 6.45) is 4.83. The van der Waals surface area contributed by atoms with Crippen LogP contribution in [0.5, 0.6) is 0 Å². The highest BCUT2D eigenvalue weighted by molar-refractivity contribution is 5.68. The third-order valence-corrected chi connectivity index (χ3v) is 2.88. The largest absolute Gasteiger partial charge is 0.0667 e. The predicted molar refractivity (Wildman–Crippen MR) is 68.9 cm³/mol. The van der Waals surface area contributed by atoms with Crippen LogP contribution in [-0.4, -0.2) is 0 Å². The standard InChI is InChI=1S/C15H22/c1-4-10-13(5-2)15(6-3)14-11-8-7-9-12-14/h7-9,11-12H,4-6,10H2,1-3H3. The predicted octanol–water partition coefficient (Wildman–Crippen LogP) is 5.06. The molecule has 0 unspecified atom stereocenters. The van der Waals surface area contributed by atoms with Gasteiger partial charge < -0.3 is 0 Å². The molecule has 0 nitrogen and oxygen atoms in total. The van der Waals surface area contributed by atoms with E-state index in [9.17, 15) is 0 Å². The molecular weight excluding hydrogens is 180 g/mol. The van der Waals surface area contributed by atoms with Gasteiger partial charge in [-0.05, 0) is 30.4 Å². The quantitative estimate of drug-likeness (QED) is 0.626. The molecule has 0 heterocycles. The highest BCUT2D eigenvalue weighted by Gasteiger charge is 2.04. The van der Waals surface area contributed by atoms with Crippen molar-refractivity contribution in [2.75, 3.05) is 0 Å². The minimum atomic E-state index is 1.15. The maximum atomic E-state index is 2.27. The molecular formula is C15H22. The molecule has 1 aromatic carbocycles. The lowest BCUT2D eigenvalue weighted by molar-refractivity contribution is 0.855. The Kier molecular flexibility index (Phi) is 5.17. The van der Waals surface area contributed by atoms with Crippen LogP contribution in [0.2, 0.25) is 0 Å². The van der Waals surface area contributed by atoms with Crippen molar-refractivity contribution in [3.05, 3.63) is 41.5 Å². The molecule has 82 valence electrons. The average Bonchev–Trinajstić information content (AvgIpc) is 2.30. The Morgan fingerprint density at radius 3 is 2.07 bits per heavy atom. The molecule has 0 spiro atoms. The van der Waals surface area contributed by atoms with Gasteiger partial charge in [-0.1, -0.05) is 63.1 Å². The van der Waals surface area contributed by atoms with E-state index in [-0.39, 0.29) is 0 Å². The van der Waals surface area contributed by atoms with Gasteiger partial charge in [-0.15, -0.1) is 0 Å². The normalized spacial score (nSPS) is 12.5. The fraction of sp³-hybridized carbons (Fsp3) is 0.467. The van der Waals surface area contributed by atoms with E-state index >= 15 is 0 Å². The van der Waals surface area contributed by atoms with Gasteiger partial charge in [-0.2, -0.15) is 0 Å². The van der Waals surface area contributed by atoms with E-state index in [0.29, 0.717) is 0 Å². The molecule has 0 radical (unpaired) electrons. The Morgan fingerprint density at radius 1 is 0.933 bits per heavy atom. The van der Waals surface area contributed by atoms with Crippen molar-refractivity contribution in [1.82, 2.24) is 0 Å². The van der Waals surface area contributed by atoms with E-state index in [1.807, 2.05) is 0 Å². The van der Waals surface area contributed by atoms with Crippen molar-refractivity contribution >= 4 is 5.57 Å². The highest BCUT2D eigenvalue weighted by atomic mass is 14.1. The van der Waals surface area contributed by atoms with Crippen LogP contribution in [0.1, 0.15) is 52.0 Å². The van der Waals surface area contributed by atoms with Crippen LogP contribution in [0.3, 0.4) is 0 Å². The maximum absolute atomic E-state index is 2.27. The molecule has 0 aliphatic heterocycles. The monoisotopic (exact) mass is 202 g/mol. The lowest BCUT2D eigenvalue weighted by Crippen LogP contribution is -1.91. The first-order chi connectivity index (χ1) is 7.33. The van der Waals surface area contributed by atoms with E-state index in [0.717, 1.165) is 6.42 Å². The molecule has 0 heteroatoms. The zero-order valence-corrected chi connectivity index (χ0v) is 10.2. The number of allylic oxidation sites excluding steroid dienone is 2. The second-order valence-electron chi connectivity index (χ2n) is 3.91. The van der Waals surface area contributed by atoms with Gasteiger partial charge in [-0.25, -0.2) is 0 Å². The highest BCUT2D eigenvalue weighted by Crippen LogP contribution is 2.26. The third-order valence-electron chi connectivity index (χ3n) is 2.88. The first kappa shape index (κ1) is 12.0. The molecule has 0 aliphatic rings. The van der Waals surface area contributed by atoms with Crippen molar-refractivity contribution in [1.29, 1.82) is 0 Å². The van der Waals surface area contributed by atoms with E-state index in [2.05, 4.69) is 51.1 Å². The van der Waals surface area contributed by atoms with Crippen molar-refractivity contribution in [3.8, 4) is 0 Å². The van der Waals surface area contributed by atoms with Gasteiger partial charge in [0.05, 0.1) is 0 Å². The van der Waals surface area contributed by atoms with Crippen LogP contribution < -0.4 is 0 Å². The molecule has 0 bridgehead atoms. The zero-order chi connectivity index (χ0) is 11.1. The zero-order valence-electron chi connectivity index (χ0n) is 10.2. The van der Waals surface area contributed by atoms with Crippen LogP contribution in [-0.2, 0) is 0 Å². The first-order valence-corrected chi connectivity index (χ1v) is 6.09. The lowest BCUT2D eigenvalue weighted by atomic mass is 9.93. The Morgan fingerprint density at radius 2 is 1.60 bits per heavy atom. The SMILES string of the molecule is CCCC(CC)=C(CC)c1ccccc1. The van der Waals surface area contributed by atoms with Crippen LogP contribution >= 0.6 is 0 Å². The second-order valence-corrected chi connectivity index (χ2v) is 3.91. The van der Waals surface area contributed by atoms with Crippen molar-refractivity contribution in [2.45, 2.75) is 46.5 Å². The van der Waals surface area contributed by atoms with E-state index in [1.54, 1.807) is 11.1 Å². The van der Waals surface area contributed by atoms with Crippen LogP contribution in [0.4, 0.5) is 0 Å². The Hall–Kier alpha value is -1.04. The van der Waals surface area contributed by atoms with Crippen LogP contribution in [0.25, 0.3) is 5.57 Å². The molecule has 0 aromatic heterocycles.